The van der Waals surface area contributed by atoms with Crippen LogP contribution in [0.4, 0.5) is 5.82 Å². The third kappa shape index (κ3) is 3.98. The summed E-state index contributed by atoms with van der Waals surface area (Å²) in [5.74, 6) is 2.42. The van der Waals surface area contributed by atoms with E-state index in [2.05, 4.69) is 20.1 Å². The van der Waals surface area contributed by atoms with Crippen molar-refractivity contribution in [1.29, 1.82) is 0 Å². The number of aryl methyl sites for hydroxylation is 1. The van der Waals surface area contributed by atoms with E-state index in [0.29, 0.717) is 55.3 Å². The van der Waals surface area contributed by atoms with Crippen LogP contribution in [0.25, 0.3) is 16.8 Å². The van der Waals surface area contributed by atoms with Crippen molar-refractivity contribution in [1.82, 2.24) is 24.6 Å². The maximum absolute atomic E-state index is 13.1. The van der Waals surface area contributed by atoms with E-state index in [1.54, 1.807) is 35.4 Å². The van der Waals surface area contributed by atoms with Gasteiger partial charge in [-0.3, -0.25) is 9.36 Å². The number of piperazine rings is 1. The minimum Gasteiger partial charge on any atom is -0.490 e. The molecular formula is C24H24N6O4. The monoisotopic (exact) mass is 460 g/mol. The maximum Gasteiger partial charge on any atom is 0.349 e. The van der Waals surface area contributed by atoms with E-state index in [4.69, 9.17) is 9.15 Å². The van der Waals surface area contributed by atoms with Gasteiger partial charge in [0.05, 0.1) is 6.61 Å². The zero-order valence-electron chi connectivity index (χ0n) is 19.0. The Morgan fingerprint density at radius 1 is 1.09 bits per heavy atom. The number of carbonyl (C=O) groups excluding carboxylic acids is 1. The number of ether oxygens (including phenoxy) is 1. The first kappa shape index (κ1) is 21.6. The number of rotatable bonds is 5. The quantitative estimate of drug-likeness (QED) is 0.418. The van der Waals surface area contributed by atoms with Gasteiger partial charge in [0.25, 0.3) is 5.91 Å². The van der Waals surface area contributed by atoms with Crippen LogP contribution in [0.3, 0.4) is 0 Å². The third-order valence-corrected chi connectivity index (χ3v) is 5.85. The van der Waals surface area contributed by atoms with E-state index in [0.717, 1.165) is 11.6 Å². The van der Waals surface area contributed by atoms with E-state index in [-0.39, 0.29) is 11.5 Å². The normalized spacial score (nSPS) is 13.9. The Bertz CT molecular complexity index is 1390. The number of hydrogen-bond acceptors (Lipinski definition) is 8. The molecule has 10 nitrogen and oxygen atoms in total. The summed E-state index contributed by atoms with van der Waals surface area (Å²) in [6, 6.07) is 10.7. The zero-order chi connectivity index (χ0) is 23.7. The second-order valence-corrected chi connectivity index (χ2v) is 7.93. The van der Waals surface area contributed by atoms with Gasteiger partial charge in [-0.05, 0) is 38.1 Å². The van der Waals surface area contributed by atoms with Crippen molar-refractivity contribution < 1.29 is 13.9 Å². The van der Waals surface area contributed by atoms with Crippen molar-refractivity contribution in [3.8, 4) is 11.6 Å². The average molecular weight is 460 g/mol. The average Bonchev–Trinajstić information content (AvgIpc) is 3.30. The molecule has 4 aromatic rings. The van der Waals surface area contributed by atoms with Gasteiger partial charge in [-0.2, -0.15) is 0 Å². The number of imidazole rings is 1. The Labute approximate surface area is 195 Å². The second kappa shape index (κ2) is 8.97. The van der Waals surface area contributed by atoms with E-state index in [1.807, 2.05) is 36.7 Å². The molecule has 0 atom stereocenters. The highest BCUT2D eigenvalue weighted by molar-refractivity contribution is 5.97. The first-order valence-corrected chi connectivity index (χ1v) is 11.1. The predicted octanol–water partition coefficient (Wildman–Crippen LogP) is 2.44. The van der Waals surface area contributed by atoms with Gasteiger partial charge in [0.1, 0.15) is 11.4 Å². The molecule has 5 rings (SSSR count). The third-order valence-electron chi connectivity index (χ3n) is 5.85. The van der Waals surface area contributed by atoms with Crippen molar-refractivity contribution in [2.24, 2.45) is 0 Å². The topological polar surface area (TPSA) is 107 Å². The number of benzene rings is 1. The number of amides is 1. The first-order chi connectivity index (χ1) is 16.5. The molecule has 3 aromatic heterocycles. The highest BCUT2D eigenvalue weighted by Gasteiger charge is 2.26. The molecule has 0 N–H and O–H groups in total. The van der Waals surface area contributed by atoms with E-state index in [9.17, 15) is 9.59 Å². The van der Waals surface area contributed by atoms with Crippen molar-refractivity contribution in [3.63, 3.8) is 0 Å². The van der Waals surface area contributed by atoms with Crippen LogP contribution in [-0.2, 0) is 0 Å². The molecule has 1 aliphatic rings. The Hall–Kier alpha value is -4.21. The molecule has 10 heteroatoms. The summed E-state index contributed by atoms with van der Waals surface area (Å²) in [6.07, 6.45) is 3.56. The highest BCUT2D eigenvalue weighted by Crippen LogP contribution is 2.25. The van der Waals surface area contributed by atoms with Crippen molar-refractivity contribution >= 4 is 22.7 Å². The minimum atomic E-state index is -0.664. The van der Waals surface area contributed by atoms with Gasteiger partial charge in [0, 0.05) is 44.0 Å². The molecule has 1 aliphatic heterocycles. The Morgan fingerprint density at radius 3 is 2.53 bits per heavy atom. The molecule has 34 heavy (non-hydrogen) atoms. The highest BCUT2D eigenvalue weighted by atomic mass is 16.5. The lowest BCUT2D eigenvalue weighted by atomic mass is 10.1. The van der Waals surface area contributed by atoms with Crippen molar-refractivity contribution in [2.45, 2.75) is 13.8 Å². The maximum atomic E-state index is 13.1. The van der Waals surface area contributed by atoms with Crippen molar-refractivity contribution in [2.75, 3.05) is 37.7 Å². The van der Waals surface area contributed by atoms with Crippen LogP contribution >= 0.6 is 0 Å². The number of hydrogen-bond donors (Lipinski definition) is 0. The number of nitrogens with zero attached hydrogens (tertiary/aromatic N) is 6. The Kier molecular flexibility index (Phi) is 5.70. The summed E-state index contributed by atoms with van der Waals surface area (Å²) in [5, 5.41) is 9.30. The summed E-state index contributed by atoms with van der Waals surface area (Å²) in [4.78, 5) is 33.6. The van der Waals surface area contributed by atoms with Crippen molar-refractivity contribution in [3.05, 3.63) is 70.6 Å². The fourth-order valence-electron chi connectivity index (χ4n) is 4.08. The molecule has 4 heterocycles. The summed E-state index contributed by atoms with van der Waals surface area (Å²) < 4.78 is 12.9. The van der Waals surface area contributed by atoms with Gasteiger partial charge in [0.2, 0.25) is 0 Å². The van der Waals surface area contributed by atoms with E-state index < -0.39 is 5.63 Å². The molecule has 0 saturated carbocycles. The van der Waals surface area contributed by atoms with Crippen LogP contribution in [0.15, 0.2) is 58.0 Å². The molecule has 1 aromatic carbocycles. The van der Waals surface area contributed by atoms with Crippen LogP contribution in [0, 0.1) is 6.92 Å². The zero-order valence-corrected chi connectivity index (χ0v) is 19.0. The number of carbonyl (C=O) groups is 1. The van der Waals surface area contributed by atoms with Gasteiger partial charge in [-0.25, -0.2) is 9.78 Å². The minimum absolute atomic E-state index is 0.0226. The summed E-state index contributed by atoms with van der Waals surface area (Å²) in [5.41, 5.74) is -0.290. The van der Waals surface area contributed by atoms with E-state index >= 15 is 0 Å². The lowest BCUT2D eigenvalue weighted by molar-refractivity contribution is 0.0742. The number of fused-ring (bicyclic) bond motifs is 1. The fraction of sp³-hybridized carbons (Fsp3) is 0.292. The van der Waals surface area contributed by atoms with Gasteiger partial charge in [-0.15, -0.1) is 10.2 Å². The lowest BCUT2D eigenvalue weighted by Gasteiger charge is -2.35. The van der Waals surface area contributed by atoms with Gasteiger partial charge in [0.15, 0.2) is 23.0 Å². The summed E-state index contributed by atoms with van der Waals surface area (Å²) in [7, 11) is 0. The number of para-hydroxylation sites is 1. The molecule has 0 bridgehead atoms. The largest absolute Gasteiger partial charge is 0.490 e. The van der Waals surface area contributed by atoms with Crippen LogP contribution in [-0.4, -0.2) is 63.3 Å². The molecule has 0 spiro atoms. The van der Waals surface area contributed by atoms with E-state index in [1.165, 1.54) is 0 Å². The summed E-state index contributed by atoms with van der Waals surface area (Å²) >= 11 is 0. The standard InChI is InChI=1S/C24H24N6O4/c1-3-33-19-6-4-5-17-15-18(24(32)34-22(17)19)23(31)29-13-11-28(12-14-29)20-7-8-21(27-26-20)30-10-9-25-16(30)2/h4-10,15H,3,11-14H2,1-2H3. The summed E-state index contributed by atoms with van der Waals surface area (Å²) in [6.45, 7) is 6.28. The van der Waals surface area contributed by atoms with Gasteiger partial charge in [-0.1, -0.05) is 12.1 Å². The molecule has 0 unspecified atom stereocenters. The molecule has 0 aliphatic carbocycles. The second-order valence-electron chi connectivity index (χ2n) is 7.93. The Morgan fingerprint density at radius 2 is 1.85 bits per heavy atom. The molecule has 0 radical (unpaired) electrons. The SMILES string of the molecule is CCOc1cccc2cc(C(=O)N3CCN(c4ccc(-n5ccnc5C)nn4)CC3)c(=O)oc12. The molecule has 1 saturated heterocycles. The first-order valence-electron chi connectivity index (χ1n) is 11.1. The number of anilines is 1. The molecule has 1 amide bonds. The Balaban J connectivity index is 1.29. The van der Waals surface area contributed by atoms with Crippen LogP contribution in [0.5, 0.6) is 5.75 Å². The van der Waals surface area contributed by atoms with Crippen LogP contribution in [0.1, 0.15) is 23.1 Å². The smallest absolute Gasteiger partial charge is 0.349 e. The molecule has 1 fully saturated rings. The van der Waals surface area contributed by atoms with Gasteiger partial charge >= 0.3 is 5.63 Å². The van der Waals surface area contributed by atoms with Crippen LogP contribution < -0.4 is 15.3 Å². The lowest BCUT2D eigenvalue weighted by Crippen LogP contribution is -2.49. The van der Waals surface area contributed by atoms with Gasteiger partial charge < -0.3 is 19.0 Å². The van der Waals surface area contributed by atoms with Crippen LogP contribution in [0.2, 0.25) is 0 Å². The molecular weight excluding hydrogens is 436 g/mol. The molecule has 174 valence electrons. The number of aromatic nitrogens is 4. The fourth-order valence-corrected chi connectivity index (χ4v) is 4.08. The predicted molar refractivity (Wildman–Crippen MR) is 126 cm³/mol.